The number of rotatable bonds is 3. The predicted octanol–water partition coefficient (Wildman–Crippen LogP) is 2.19. The highest BCUT2D eigenvalue weighted by Crippen LogP contribution is 2.12. The SMILES string of the molecule is Cc1nc(C)c(C(=O)NC(C)(C)CBr)o1. The Balaban J connectivity index is 2.82. The Labute approximate surface area is 97.6 Å². The lowest BCUT2D eigenvalue weighted by Crippen LogP contribution is -2.44. The van der Waals surface area contributed by atoms with Crippen molar-refractivity contribution < 1.29 is 9.21 Å². The summed E-state index contributed by atoms with van der Waals surface area (Å²) in [7, 11) is 0. The number of amides is 1. The molecule has 1 rings (SSSR count). The van der Waals surface area contributed by atoms with E-state index in [2.05, 4.69) is 26.2 Å². The molecular formula is C10H15BrN2O2. The number of hydrogen-bond donors (Lipinski definition) is 1. The van der Waals surface area contributed by atoms with Crippen LogP contribution < -0.4 is 5.32 Å². The maximum Gasteiger partial charge on any atom is 0.289 e. The highest BCUT2D eigenvalue weighted by molar-refractivity contribution is 9.09. The zero-order chi connectivity index (χ0) is 11.6. The summed E-state index contributed by atoms with van der Waals surface area (Å²) in [6.07, 6.45) is 0. The number of oxazole rings is 1. The molecule has 0 saturated heterocycles. The second-order valence-corrected chi connectivity index (χ2v) is 4.68. The van der Waals surface area contributed by atoms with Crippen LogP contribution in [0.3, 0.4) is 0 Å². The molecule has 5 heteroatoms. The van der Waals surface area contributed by atoms with E-state index < -0.39 is 0 Å². The number of carbonyl (C=O) groups excluding carboxylic acids is 1. The topological polar surface area (TPSA) is 55.1 Å². The Morgan fingerprint density at radius 3 is 2.53 bits per heavy atom. The summed E-state index contributed by atoms with van der Waals surface area (Å²) in [6, 6.07) is 0. The fourth-order valence-electron chi connectivity index (χ4n) is 1.14. The minimum absolute atomic E-state index is 0.224. The van der Waals surface area contributed by atoms with E-state index in [-0.39, 0.29) is 11.4 Å². The van der Waals surface area contributed by atoms with Gasteiger partial charge in [0.1, 0.15) is 0 Å². The van der Waals surface area contributed by atoms with Gasteiger partial charge in [0.2, 0.25) is 5.76 Å². The van der Waals surface area contributed by atoms with E-state index in [1.165, 1.54) is 0 Å². The molecule has 0 unspecified atom stereocenters. The lowest BCUT2D eigenvalue weighted by Gasteiger charge is -2.22. The second-order valence-electron chi connectivity index (χ2n) is 4.12. The third kappa shape index (κ3) is 3.06. The molecule has 0 saturated carbocycles. The lowest BCUT2D eigenvalue weighted by molar-refractivity contribution is 0.0890. The number of nitrogens with one attached hydrogen (secondary N) is 1. The molecule has 15 heavy (non-hydrogen) atoms. The van der Waals surface area contributed by atoms with E-state index in [1.54, 1.807) is 13.8 Å². The molecule has 0 spiro atoms. The third-order valence-electron chi connectivity index (χ3n) is 1.90. The van der Waals surface area contributed by atoms with Crippen LogP contribution in [0.25, 0.3) is 0 Å². The number of nitrogens with zero attached hydrogens (tertiary/aromatic N) is 1. The zero-order valence-corrected chi connectivity index (χ0v) is 10.9. The molecule has 1 aromatic heterocycles. The van der Waals surface area contributed by atoms with Crippen LogP contribution in [0.2, 0.25) is 0 Å². The van der Waals surface area contributed by atoms with Crippen molar-refractivity contribution in [2.45, 2.75) is 33.2 Å². The highest BCUT2D eigenvalue weighted by Gasteiger charge is 2.23. The fraction of sp³-hybridized carbons (Fsp3) is 0.600. The summed E-state index contributed by atoms with van der Waals surface area (Å²) in [5.41, 5.74) is 0.319. The van der Waals surface area contributed by atoms with Gasteiger partial charge in [0.15, 0.2) is 5.89 Å². The van der Waals surface area contributed by atoms with Crippen molar-refractivity contribution in [2.24, 2.45) is 0 Å². The summed E-state index contributed by atoms with van der Waals surface area (Å²) in [5, 5.41) is 3.54. The molecule has 0 aliphatic rings. The minimum Gasteiger partial charge on any atom is -0.436 e. The van der Waals surface area contributed by atoms with Crippen LogP contribution in [0, 0.1) is 13.8 Å². The zero-order valence-electron chi connectivity index (χ0n) is 9.35. The van der Waals surface area contributed by atoms with Gasteiger partial charge in [0.05, 0.1) is 5.69 Å². The summed E-state index contributed by atoms with van der Waals surface area (Å²) >= 11 is 3.33. The molecule has 1 aromatic rings. The average Bonchev–Trinajstić information content (AvgIpc) is 2.45. The first-order valence-electron chi connectivity index (χ1n) is 4.68. The molecular weight excluding hydrogens is 260 g/mol. The Bertz CT molecular complexity index is 371. The Morgan fingerprint density at radius 1 is 1.53 bits per heavy atom. The molecule has 4 nitrogen and oxygen atoms in total. The van der Waals surface area contributed by atoms with Gasteiger partial charge in [-0.2, -0.15) is 0 Å². The number of alkyl halides is 1. The van der Waals surface area contributed by atoms with E-state index in [9.17, 15) is 4.79 Å². The molecule has 0 atom stereocenters. The number of aromatic nitrogens is 1. The van der Waals surface area contributed by atoms with Gasteiger partial charge in [-0.15, -0.1) is 0 Å². The maximum absolute atomic E-state index is 11.8. The second kappa shape index (κ2) is 4.35. The van der Waals surface area contributed by atoms with Crippen LogP contribution >= 0.6 is 15.9 Å². The molecule has 0 radical (unpaired) electrons. The van der Waals surface area contributed by atoms with Crippen LogP contribution in [0.15, 0.2) is 4.42 Å². The van der Waals surface area contributed by atoms with Gasteiger partial charge in [-0.25, -0.2) is 4.98 Å². The number of hydrogen-bond acceptors (Lipinski definition) is 3. The van der Waals surface area contributed by atoms with Crippen LogP contribution in [-0.4, -0.2) is 21.8 Å². The quantitative estimate of drug-likeness (QED) is 0.860. The summed E-state index contributed by atoms with van der Waals surface area (Å²) in [4.78, 5) is 15.8. The van der Waals surface area contributed by atoms with Crippen molar-refractivity contribution in [1.82, 2.24) is 10.3 Å². The standard InChI is InChI=1S/C10H15BrN2O2/c1-6-8(15-7(2)12-6)9(14)13-10(3,4)5-11/h5H2,1-4H3,(H,13,14). The Kier molecular flexibility index (Phi) is 3.54. The van der Waals surface area contributed by atoms with Crippen molar-refractivity contribution in [3.05, 3.63) is 17.3 Å². The monoisotopic (exact) mass is 274 g/mol. The molecule has 0 aliphatic carbocycles. The first kappa shape index (κ1) is 12.2. The highest BCUT2D eigenvalue weighted by atomic mass is 79.9. The molecule has 0 aliphatic heterocycles. The van der Waals surface area contributed by atoms with E-state index in [0.29, 0.717) is 22.7 Å². The smallest absolute Gasteiger partial charge is 0.289 e. The number of carbonyl (C=O) groups is 1. The van der Waals surface area contributed by atoms with Crippen molar-refractivity contribution in [3.63, 3.8) is 0 Å². The average molecular weight is 275 g/mol. The third-order valence-corrected chi connectivity index (χ3v) is 3.30. The lowest BCUT2D eigenvalue weighted by atomic mass is 10.1. The minimum atomic E-state index is -0.301. The molecule has 0 bridgehead atoms. The van der Waals surface area contributed by atoms with Gasteiger partial charge < -0.3 is 9.73 Å². The fourth-order valence-corrected chi connectivity index (χ4v) is 1.28. The molecule has 1 heterocycles. The van der Waals surface area contributed by atoms with E-state index in [4.69, 9.17) is 4.42 Å². The Morgan fingerprint density at radius 2 is 2.13 bits per heavy atom. The van der Waals surface area contributed by atoms with E-state index in [0.717, 1.165) is 0 Å². The maximum atomic E-state index is 11.8. The number of aryl methyl sites for hydroxylation is 2. The predicted molar refractivity (Wildman–Crippen MR) is 61.3 cm³/mol. The van der Waals surface area contributed by atoms with Gasteiger partial charge in [-0.1, -0.05) is 15.9 Å². The molecule has 84 valence electrons. The van der Waals surface area contributed by atoms with Crippen molar-refractivity contribution in [3.8, 4) is 0 Å². The first-order valence-corrected chi connectivity index (χ1v) is 5.80. The first-order chi connectivity index (χ1) is 6.85. The van der Waals surface area contributed by atoms with Gasteiger partial charge in [0, 0.05) is 17.8 Å². The van der Waals surface area contributed by atoms with Crippen molar-refractivity contribution >= 4 is 21.8 Å². The summed E-state index contributed by atoms with van der Waals surface area (Å²) < 4.78 is 5.23. The molecule has 0 aromatic carbocycles. The number of halogens is 1. The van der Waals surface area contributed by atoms with Gasteiger partial charge in [-0.3, -0.25) is 4.79 Å². The van der Waals surface area contributed by atoms with Gasteiger partial charge in [-0.05, 0) is 20.8 Å². The van der Waals surface area contributed by atoms with Crippen LogP contribution in [0.5, 0.6) is 0 Å². The van der Waals surface area contributed by atoms with E-state index >= 15 is 0 Å². The van der Waals surface area contributed by atoms with E-state index in [1.807, 2.05) is 13.8 Å². The van der Waals surface area contributed by atoms with Crippen LogP contribution in [0.1, 0.15) is 36.0 Å². The van der Waals surface area contributed by atoms with Crippen LogP contribution in [0.4, 0.5) is 0 Å². The largest absolute Gasteiger partial charge is 0.436 e. The Hall–Kier alpha value is -0.840. The summed E-state index contributed by atoms with van der Waals surface area (Å²) in [6.45, 7) is 7.34. The normalized spacial score (nSPS) is 11.5. The molecule has 1 N–H and O–H groups in total. The molecule has 1 amide bonds. The van der Waals surface area contributed by atoms with Crippen molar-refractivity contribution in [2.75, 3.05) is 5.33 Å². The van der Waals surface area contributed by atoms with Crippen LogP contribution in [-0.2, 0) is 0 Å². The van der Waals surface area contributed by atoms with Gasteiger partial charge >= 0.3 is 0 Å². The summed E-state index contributed by atoms with van der Waals surface area (Å²) in [5.74, 6) is 0.577. The van der Waals surface area contributed by atoms with Crippen molar-refractivity contribution in [1.29, 1.82) is 0 Å². The molecule has 0 fully saturated rings. The van der Waals surface area contributed by atoms with Gasteiger partial charge in [0.25, 0.3) is 5.91 Å².